The van der Waals surface area contributed by atoms with Crippen LogP contribution in [0.2, 0.25) is 0 Å². The standard InChI is InChI=1S/C9H12N2O2S3/c1-4-14-8-10-11-9(16-8)15-5-13-7(12)6(2)3/h2,4-5H2,1,3H3. The Labute approximate surface area is 107 Å². The van der Waals surface area contributed by atoms with Crippen molar-refractivity contribution in [2.45, 2.75) is 22.5 Å². The largest absolute Gasteiger partial charge is 0.451 e. The number of aromatic nitrogens is 2. The van der Waals surface area contributed by atoms with Crippen LogP contribution in [-0.4, -0.2) is 27.9 Å². The van der Waals surface area contributed by atoms with Gasteiger partial charge in [-0.15, -0.1) is 10.2 Å². The summed E-state index contributed by atoms with van der Waals surface area (Å²) in [6, 6.07) is 0. The highest BCUT2D eigenvalue weighted by molar-refractivity contribution is 8.03. The SMILES string of the molecule is C=C(C)C(=O)OCSc1nnc(SCC)s1. The van der Waals surface area contributed by atoms with E-state index < -0.39 is 0 Å². The molecule has 0 saturated carbocycles. The molecule has 0 amide bonds. The predicted octanol–water partition coefficient (Wildman–Crippen LogP) is 2.82. The van der Waals surface area contributed by atoms with Gasteiger partial charge in [0.05, 0.1) is 0 Å². The Morgan fingerprint density at radius 3 is 2.62 bits per heavy atom. The lowest BCUT2D eigenvalue weighted by atomic mass is 10.4. The molecule has 0 fully saturated rings. The second-order valence-corrected chi connectivity index (χ2v) is 6.40. The smallest absolute Gasteiger partial charge is 0.333 e. The molecule has 7 heteroatoms. The summed E-state index contributed by atoms with van der Waals surface area (Å²) in [5, 5.41) is 7.96. The Bertz CT molecular complexity index is 379. The minimum Gasteiger partial charge on any atom is -0.451 e. The maximum Gasteiger partial charge on any atom is 0.333 e. The third-order valence-corrected chi connectivity index (χ3v) is 4.28. The molecule has 0 unspecified atom stereocenters. The molecule has 0 N–H and O–H groups in total. The second kappa shape index (κ2) is 6.93. The van der Waals surface area contributed by atoms with E-state index in [1.54, 1.807) is 18.7 Å². The van der Waals surface area contributed by atoms with Crippen LogP contribution in [-0.2, 0) is 9.53 Å². The zero-order valence-corrected chi connectivity index (χ0v) is 11.5. The molecule has 0 saturated heterocycles. The number of hydrogen-bond acceptors (Lipinski definition) is 7. The molecule has 0 radical (unpaired) electrons. The number of hydrogen-bond donors (Lipinski definition) is 0. The molecule has 1 aromatic heterocycles. The van der Waals surface area contributed by atoms with E-state index in [1.165, 1.54) is 23.1 Å². The summed E-state index contributed by atoms with van der Waals surface area (Å²) in [4.78, 5) is 11.1. The molecule has 1 heterocycles. The summed E-state index contributed by atoms with van der Waals surface area (Å²) in [6.07, 6.45) is 0. The van der Waals surface area contributed by atoms with E-state index >= 15 is 0 Å². The highest BCUT2D eigenvalue weighted by atomic mass is 32.2. The van der Waals surface area contributed by atoms with Gasteiger partial charge in [-0.25, -0.2) is 4.79 Å². The first-order chi connectivity index (χ1) is 7.63. The predicted molar refractivity (Wildman–Crippen MR) is 67.9 cm³/mol. The highest BCUT2D eigenvalue weighted by Gasteiger charge is 2.07. The van der Waals surface area contributed by atoms with Gasteiger partial charge in [-0.2, -0.15) is 0 Å². The molecular formula is C9H12N2O2S3. The number of thioether (sulfide) groups is 2. The topological polar surface area (TPSA) is 52.1 Å². The number of nitrogens with zero attached hydrogens (tertiary/aromatic N) is 2. The van der Waals surface area contributed by atoms with Gasteiger partial charge in [0, 0.05) is 5.57 Å². The molecule has 0 aliphatic rings. The van der Waals surface area contributed by atoms with Crippen LogP contribution in [0.1, 0.15) is 13.8 Å². The Hall–Kier alpha value is -0.530. The van der Waals surface area contributed by atoms with Crippen molar-refractivity contribution < 1.29 is 9.53 Å². The van der Waals surface area contributed by atoms with Gasteiger partial charge in [0.25, 0.3) is 0 Å². The molecule has 88 valence electrons. The van der Waals surface area contributed by atoms with Crippen molar-refractivity contribution in [1.29, 1.82) is 0 Å². The molecule has 16 heavy (non-hydrogen) atoms. The number of esters is 1. The van der Waals surface area contributed by atoms with E-state index in [-0.39, 0.29) is 11.9 Å². The third-order valence-electron chi connectivity index (χ3n) is 1.38. The summed E-state index contributed by atoms with van der Waals surface area (Å²) < 4.78 is 6.68. The zero-order valence-electron chi connectivity index (χ0n) is 9.06. The molecule has 0 atom stereocenters. The average Bonchev–Trinajstić information content (AvgIpc) is 2.66. The zero-order chi connectivity index (χ0) is 12.0. The lowest BCUT2D eigenvalue weighted by molar-refractivity contribution is -0.136. The molecule has 0 aromatic carbocycles. The lowest BCUT2D eigenvalue weighted by Gasteiger charge is -2.00. The quantitative estimate of drug-likeness (QED) is 0.345. The minimum absolute atomic E-state index is 0.247. The van der Waals surface area contributed by atoms with E-state index in [9.17, 15) is 4.79 Å². The van der Waals surface area contributed by atoms with Crippen molar-refractivity contribution in [1.82, 2.24) is 10.2 Å². The third kappa shape index (κ3) is 4.54. The fourth-order valence-corrected chi connectivity index (χ4v) is 3.32. The number of rotatable bonds is 6. The van der Waals surface area contributed by atoms with E-state index in [0.29, 0.717) is 5.57 Å². The first kappa shape index (κ1) is 13.5. The van der Waals surface area contributed by atoms with Crippen molar-refractivity contribution >= 4 is 40.8 Å². The molecule has 0 aliphatic carbocycles. The maximum atomic E-state index is 11.1. The van der Waals surface area contributed by atoms with Crippen molar-refractivity contribution in [3.05, 3.63) is 12.2 Å². The number of ether oxygens (including phenoxy) is 1. The Morgan fingerprint density at radius 2 is 2.06 bits per heavy atom. The second-order valence-electron chi connectivity index (χ2n) is 2.74. The highest BCUT2D eigenvalue weighted by Crippen LogP contribution is 2.28. The normalized spacial score (nSPS) is 10.1. The Balaban J connectivity index is 2.31. The van der Waals surface area contributed by atoms with Crippen LogP contribution < -0.4 is 0 Å². The molecule has 0 aliphatic heterocycles. The van der Waals surface area contributed by atoms with E-state index in [4.69, 9.17) is 4.74 Å². The summed E-state index contributed by atoms with van der Waals surface area (Å²) in [6.45, 7) is 7.18. The van der Waals surface area contributed by atoms with Crippen LogP contribution in [0.15, 0.2) is 20.8 Å². The molecule has 0 bridgehead atoms. The van der Waals surface area contributed by atoms with Gasteiger partial charge in [-0.05, 0) is 12.7 Å². The van der Waals surface area contributed by atoms with Crippen LogP contribution in [0.4, 0.5) is 0 Å². The fraction of sp³-hybridized carbons (Fsp3) is 0.444. The Kier molecular flexibility index (Phi) is 5.86. The molecular weight excluding hydrogens is 264 g/mol. The van der Waals surface area contributed by atoms with Crippen LogP contribution in [0, 0.1) is 0 Å². The van der Waals surface area contributed by atoms with E-state index in [2.05, 4.69) is 23.7 Å². The van der Waals surface area contributed by atoms with Crippen LogP contribution in [0.25, 0.3) is 0 Å². The van der Waals surface area contributed by atoms with Crippen molar-refractivity contribution in [3.8, 4) is 0 Å². The van der Waals surface area contributed by atoms with Crippen molar-refractivity contribution in [2.24, 2.45) is 0 Å². The first-order valence-electron chi connectivity index (χ1n) is 4.55. The lowest BCUT2D eigenvalue weighted by Crippen LogP contribution is -2.03. The monoisotopic (exact) mass is 276 g/mol. The van der Waals surface area contributed by atoms with E-state index in [1.807, 2.05) is 0 Å². The van der Waals surface area contributed by atoms with Crippen molar-refractivity contribution in [2.75, 3.05) is 11.7 Å². The number of carbonyl (C=O) groups excluding carboxylic acids is 1. The van der Waals surface area contributed by atoms with Gasteiger partial charge in [0.15, 0.2) is 8.68 Å². The van der Waals surface area contributed by atoms with Gasteiger partial charge in [-0.1, -0.05) is 48.4 Å². The molecule has 1 rings (SSSR count). The van der Waals surface area contributed by atoms with Crippen LogP contribution in [0.3, 0.4) is 0 Å². The van der Waals surface area contributed by atoms with Crippen LogP contribution in [0.5, 0.6) is 0 Å². The molecule has 4 nitrogen and oxygen atoms in total. The van der Waals surface area contributed by atoms with E-state index in [0.717, 1.165) is 14.4 Å². The number of carbonyl (C=O) groups is 1. The molecule has 1 aromatic rings. The summed E-state index contributed by atoms with van der Waals surface area (Å²) in [5.74, 6) is 0.848. The van der Waals surface area contributed by atoms with Gasteiger partial charge >= 0.3 is 5.97 Å². The van der Waals surface area contributed by atoms with Gasteiger partial charge in [0.1, 0.15) is 5.94 Å². The minimum atomic E-state index is -0.375. The fourth-order valence-electron chi connectivity index (χ4n) is 0.694. The summed E-state index contributed by atoms with van der Waals surface area (Å²) >= 11 is 4.52. The Morgan fingerprint density at radius 1 is 1.44 bits per heavy atom. The van der Waals surface area contributed by atoms with Crippen LogP contribution >= 0.6 is 34.9 Å². The summed E-state index contributed by atoms with van der Waals surface area (Å²) in [5.41, 5.74) is 0.403. The maximum absolute atomic E-state index is 11.1. The summed E-state index contributed by atoms with van der Waals surface area (Å²) in [7, 11) is 0. The van der Waals surface area contributed by atoms with Gasteiger partial charge in [-0.3, -0.25) is 0 Å². The van der Waals surface area contributed by atoms with Gasteiger partial charge < -0.3 is 4.74 Å². The van der Waals surface area contributed by atoms with Crippen molar-refractivity contribution in [3.63, 3.8) is 0 Å². The van der Waals surface area contributed by atoms with Gasteiger partial charge in [0.2, 0.25) is 0 Å². The first-order valence-corrected chi connectivity index (χ1v) is 7.34. The molecule has 0 spiro atoms. The average molecular weight is 276 g/mol.